The van der Waals surface area contributed by atoms with E-state index in [1.54, 1.807) is 0 Å². The Hall–Kier alpha value is -2.24. The van der Waals surface area contributed by atoms with Gasteiger partial charge in [-0.15, -0.1) is 11.3 Å². The molecule has 3 heterocycles. The molecule has 1 saturated heterocycles. The van der Waals surface area contributed by atoms with Crippen LogP contribution >= 0.6 is 11.3 Å². The highest BCUT2D eigenvalue weighted by Crippen LogP contribution is 2.32. The number of fused-ring (bicyclic) bond motifs is 2. The summed E-state index contributed by atoms with van der Waals surface area (Å²) in [5.41, 5.74) is 3.53. The van der Waals surface area contributed by atoms with E-state index in [0.717, 1.165) is 50.1 Å². The first kappa shape index (κ1) is 17.8. The number of hydrogen-bond donors (Lipinski definition) is 1. The minimum Gasteiger partial charge on any atom is -0.325 e. The molecule has 5 rings (SSSR count). The standard InChI is InChI=1S/C23H25N3OS/c1-16(23(27)26-15-12-17-6-2-4-8-20(17)26)25-13-10-18(11-14-25)22-24-19-7-3-5-9-21(19)28-22/h2-9,16,18H,10-15H2,1H3/p+1/t16-/m0/s1. The van der Waals surface area contributed by atoms with Gasteiger partial charge in [-0.25, -0.2) is 4.98 Å². The summed E-state index contributed by atoms with van der Waals surface area (Å²) >= 11 is 1.84. The fraction of sp³-hybridized carbons (Fsp3) is 0.391. The first-order chi connectivity index (χ1) is 13.7. The molecule has 4 nitrogen and oxygen atoms in total. The number of nitrogens with zero attached hydrogens (tertiary/aromatic N) is 2. The number of likely N-dealkylation sites (tertiary alicyclic amines) is 1. The third-order valence-electron chi connectivity index (χ3n) is 6.42. The lowest BCUT2D eigenvalue weighted by atomic mass is 9.96. The molecule has 144 valence electrons. The molecule has 1 aromatic heterocycles. The molecule has 0 radical (unpaired) electrons. The van der Waals surface area contributed by atoms with E-state index >= 15 is 0 Å². The highest BCUT2D eigenvalue weighted by molar-refractivity contribution is 7.18. The average molecular weight is 393 g/mol. The van der Waals surface area contributed by atoms with Gasteiger partial charge in [0, 0.05) is 31.0 Å². The molecule has 5 heteroatoms. The Morgan fingerprint density at radius 2 is 1.89 bits per heavy atom. The topological polar surface area (TPSA) is 37.6 Å². The van der Waals surface area contributed by atoms with Gasteiger partial charge in [0.15, 0.2) is 6.04 Å². The maximum absolute atomic E-state index is 13.2. The van der Waals surface area contributed by atoms with E-state index in [0.29, 0.717) is 5.92 Å². The van der Waals surface area contributed by atoms with Crippen LogP contribution in [0.3, 0.4) is 0 Å². The number of rotatable bonds is 3. The molecular formula is C23H26N3OS+. The number of nitrogens with one attached hydrogen (secondary N) is 1. The fourth-order valence-corrected chi connectivity index (χ4v) is 5.85. The monoisotopic (exact) mass is 392 g/mol. The first-order valence-corrected chi connectivity index (χ1v) is 11.1. The van der Waals surface area contributed by atoms with Gasteiger partial charge >= 0.3 is 0 Å². The number of quaternary nitrogens is 1. The lowest BCUT2D eigenvalue weighted by molar-refractivity contribution is -0.919. The molecular weight excluding hydrogens is 366 g/mol. The van der Waals surface area contributed by atoms with E-state index in [1.807, 2.05) is 22.3 Å². The number of para-hydroxylation sites is 2. The van der Waals surface area contributed by atoms with Crippen LogP contribution in [0.2, 0.25) is 0 Å². The molecule has 28 heavy (non-hydrogen) atoms. The Labute approximate surface area is 169 Å². The van der Waals surface area contributed by atoms with E-state index in [9.17, 15) is 4.79 Å². The number of thiazole rings is 1. The molecule has 1 atom stereocenters. The lowest BCUT2D eigenvalue weighted by Crippen LogP contribution is -3.17. The third kappa shape index (κ3) is 3.12. The summed E-state index contributed by atoms with van der Waals surface area (Å²) in [6.07, 6.45) is 3.20. The van der Waals surface area contributed by atoms with Gasteiger partial charge in [0.1, 0.15) is 0 Å². The molecule has 0 unspecified atom stereocenters. The smallest absolute Gasteiger partial charge is 0.284 e. The summed E-state index contributed by atoms with van der Waals surface area (Å²) < 4.78 is 1.28. The summed E-state index contributed by atoms with van der Waals surface area (Å²) in [5, 5.41) is 1.27. The van der Waals surface area contributed by atoms with Crippen LogP contribution in [-0.2, 0) is 11.2 Å². The van der Waals surface area contributed by atoms with Crippen LogP contribution in [0.15, 0.2) is 48.5 Å². The molecule has 2 aliphatic rings. The van der Waals surface area contributed by atoms with E-state index < -0.39 is 0 Å². The van der Waals surface area contributed by atoms with Crippen molar-refractivity contribution in [2.75, 3.05) is 24.5 Å². The maximum Gasteiger partial charge on any atom is 0.284 e. The Morgan fingerprint density at radius 1 is 1.14 bits per heavy atom. The van der Waals surface area contributed by atoms with Crippen LogP contribution in [0, 0.1) is 0 Å². The highest BCUT2D eigenvalue weighted by Gasteiger charge is 2.36. The number of carbonyl (C=O) groups excluding carboxylic acids is 1. The molecule has 0 spiro atoms. The van der Waals surface area contributed by atoms with Crippen LogP contribution in [0.25, 0.3) is 10.2 Å². The van der Waals surface area contributed by atoms with Gasteiger partial charge in [0.05, 0.1) is 28.3 Å². The van der Waals surface area contributed by atoms with Gasteiger partial charge in [-0.2, -0.15) is 0 Å². The predicted molar refractivity (Wildman–Crippen MR) is 114 cm³/mol. The molecule has 2 aliphatic heterocycles. The van der Waals surface area contributed by atoms with Crippen molar-refractivity contribution in [1.82, 2.24) is 4.98 Å². The first-order valence-electron chi connectivity index (χ1n) is 10.3. The van der Waals surface area contributed by atoms with Gasteiger partial charge in [-0.3, -0.25) is 4.79 Å². The minimum atomic E-state index is 0.0162. The molecule has 1 fully saturated rings. The number of hydrogen-bond acceptors (Lipinski definition) is 3. The molecule has 3 aromatic rings. The number of piperidine rings is 1. The van der Waals surface area contributed by atoms with Crippen molar-refractivity contribution in [3.8, 4) is 0 Å². The highest BCUT2D eigenvalue weighted by atomic mass is 32.1. The van der Waals surface area contributed by atoms with Crippen molar-refractivity contribution in [2.45, 2.75) is 38.1 Å². The molecule has 0 aliphatic carbocycles. The number of aromatic nitrogens is 1. The zero-order valence-corrected chi connectivity index (χ0v) is 17.0. The summed E-state index contributed by atoms with van der Waals surface area (Å²) in [4.78, 5) is 21.5. The molecule has 2 aromatic carbocycles. The predicted octanol–water partition coefficient (Wildman–Crippen LogP) is 3.04. The van der Waals surface area contributed by atoms with Gasteiger partial charge in [-0.1, -0.05) is 30.3 Å². The van der Waals surface area contributed by atoms with Crippen LogP contribution in [0.1, 0.15) is 36.3 Å². The molecule has 0 saturated carbocycles. The number of carbonyl (C=O) groups is 1. The summed E-state index contributed by atoms with van der Waals surface area (Å²) in [6, 6.07) is 16.7. The Bertz CT molecular complexity index is 973. The van der Waals surface area contributed by atoms with E-state index in [2.05, 4.69) is 49.4 Å². The van der Waals surface area contributed by atoms with Gasteiger partial charge in [-0.05, 0) is 37.1 Å². The zero-order valence-electron chi connectivity index (χ0n) is 16.2. The Morgan fingerprint density at radius 3 is 2.71 bits per heavy atom. The van der Waals surface area contributed by atoms with Crippen molar-refractivity contribution in [1.29, 1.82) is 0 Å². The largest absolute Gasteiger partial charge is 0.325 e. The third-order valence-corrected chi connectivity index (χ3v) is 7.62. The van der Waals surface area contributed by atoms with Crippen LogP contribution in [-0.4, -0.2) is 36.6 Å². The summed E-state index contributed by atoms with van der Waals surface area (Å²) in [5.74, 6) is 0.814. The Kier molecular flexibility index (Phi) is 4.65. The Balaban J connectivity index is 1.24. The zero-order chi connectivity index (χ0) is 19.1. The van der Waals surface area contributed by atoms with Crippen molar-refractivity contribution < 1.29 is 9.69 Å². The van der Waals surface area contributed by atoms with E-state index in [1.165, 1.54) is 20.2 Å². The second-order valence-corrected chi connectivity index (χ2v) is 9.10. The van der Waals surface area contributed by atoms with E-state index in [-0.39, 0.29) is 11.9 Å². The van der Waals surface area contributed by atoms with E-state index in [4.69, 9.17) is 4.98 Å². The van der Waals surface area contributed by atoms with Gasteiger partial charge in [0.25, 0.3) is 5.91 Å². The summed E-state index contributed by atoms with van der Waals surface area (Å²) in [7, 11) is 0. The van der Waals surface area contributed by atoms with Crippen molar-refractivity contribution in [3.05, 3.63) is 59.1 Å². The molecule has 1 N–H and O–H groups in total. The van der Waals surface area contributed by atoms with Crippen molar-refractivity contribution >= 4 is 33.1 Å². The van der Waals surface area contributed by atoms with Crippen LogP contribution in [0.4, 0.5) is 5.69 Å². The second kappa shape index (κ2) is 7.30. The molecule has 1 amide bonds. The fourth-order valence-electron chi connectivity index (χ4n) is 4.71. The average Bonchev–Trinajstić information content (AvgIpc) is 3.37. The normalized spacial score (nSPS) is 23.0. The molecule has 0 bridgehead atoms. The SMILES string of the molecule is C[C@@H](C(=O)N1CCc2ccccc21)[NH+]1CCC(c2nc3ccccc3s2)CC1. The minimum absolute atomic E-state index is 0.0162. The van der Waals surface area contributed by atoms with Gasteiger partial charge in [0.2, 0.25) is 0 Å². The second-order valence-electron chi connectivity index (χ2n) is 8.04. The number of benzene rings is 2. The van der Waals surface area contributed by atoms with Crippen molar-refractivity contribution in [3.63, 3.8) is 0 Å². The number of anilines is 1. The van der Waals surface area contributed by atoms with Crippen LogP contribution < -0.4 is 9.80 Å². The van der Waals surface area contributed by atoms with Crippen molar-refractivity contribution in [2.24, 2.45) is 0 Å². The van der Waals surface area contributed by atoms with Gasteiger partial charge < -0.3 is 9.80 Å². The quantitative estimate of drug-likeness (QED) is 0.744. The van der Waals surface area contributed by atoms with Crippen LogP contribution in [0.5, 0.6) is 0 Å². The summed E-state index contributed by atoms with van der Waals surface area (Å²) in [6.45, 7) is 5.02. The maximum atomic E-state index is 13.2. The number of amides is 1. The lowest BCUT2D eigenvalue weighted by Gasteiger charge is -2.33.